The minimum absolute atomic E-state index is 0.00870. The van der Waals surface area contributed by atoms with Crippen LogP contribution in [0.15, 0.2) is 51.7 Å². The Labute approximate surface area is 143 Å². The summed E-state index contributed by atoms with van der Waals surface area (Å²) < 4.78 is 49.8. The molecule has 0 unspecified atom stereocenters. The molecular weight excluding hydrogens is 355 g/mol. The molecule has 3 rings (SSSR count). The van der Waals surface area contributed by atoms with E-state index in [1.807, 2.05) is 0 Å². The van der Waals surface area contributed by atoms with Gasteiger partial charge in [-0.3, -0.25) is 10.1 Å². The van der Waals surface area contributed by atoms with Crippen LogP contribution in [0.4, 0.5) is 18.9 Å². The van der Waals surface area contributed by atoms with Crippen molar-refractivity contribution in [3.8, 4) is 11.5 Å². The van der Waals surface area contributed by atoms with Crippen LogP contribution in [0.5, 0.6) is 11.5 Å². The van der Waals surface area contributed by atoms with Gasteiger partial charge >= 0.3 is 11.8 Å². The Morgan fingerprint density at radius 1 is 1.12 bits per heavy atom. The SMILES string of the molecule is Cc1cc(=O)oc2cc(Oc3ccc([N+](=O)[O-])cc3C(F)(F)F)ccc12. The molecule has 6 nitrogen and oxygen atoms in total. The van der Waals surface area contributed by atoms with Gasteiger partial charge in [0.15, 0.2) is 0 Å². The van der Waals surface area contributed by atoms with E-state index in [0.29, 0.717) is 17.0 Å². The van der Waals surface area contributed by atoms with Crippen molar-refractivity contribution in [1.82, 2.24) is 0 Å². The van der Waals surface area contributed by atoms with Crippen molar-refractivity contribution >= 4 is 16.7 Å². The zero-order valence-corrected chi connectivity index (χ0v) is 13.2. The molecule has 0 saturated heterocycles. The summed E-state index contributed by atoms with van der Waals surface area (Å²) in [5, 5.41) is 11.3. The average molecular weight is 365 g/mol. The predicted molar refractivity (Wildman–Crippen MR) is 85.4 cm³/mol. The van der Waals surface area contributed by atoms with Gasteiger partial charge < -0.3 is 9.15 Å². The first-order valence-electron chi connectivity index (χ1n) is 7.23. The van der Waals surface area contributed by atoms with E-state index in [1.54, 1.807) is 13.0 Å². The van der Waals surface area contributed by atoms with E-state index >= 15 is 0 Å². The summed E-state index contributed by atoms with van der Waals surface area (Å²) in [5.74, 6) is -0.608. The lowest BCUT2D eigenvalue weighted by Crippen LogP contribution is -2.08. The molecule has 26 heavy (non-hydrogen) atoms. The number of halogens is 3. The molecule has 0 amide bonds. The van der Waals surface area contributed by atoms with Crippen molar-refractivity contribution in [2.45, 2.75) is 13.1 Å². The molecule has 0 fully saturated rings. The monoisotopic (exact) mass is 365 g/mol. The fourth-order valence-corrected chi connectivity index (χ4v) is 2.44. The molecule has 0 aliphatic heterocycles. The number of rotatable bonds is 3. The fourth-order valence-electron chi connectivity index (χ4n) is 2.44. The molecular formula is C17H10F3NO5. The third-order valence-electron chi connectivity index (χ3n) is 3.63. The van der Waals surface area contributed by atoms with E-state index in [-0.39, 0.29) is 11.3 Å². The van der Waals surface area contributed by atoms with E-state index in [4.69, 9.17) is 9.15 Å². The molecule has 0 radical (unpaired) electrons. The Hall–Kier alpha value is -3.36. The number of alkyl halides is 3. The Morgan fingerprint density at radius 3 is 2.50 bits per heavy atom. The summed E-state index contributed by atoms with van der Waals surface area (Å²) in [7, 11) is 0. The molecule has 0 bridgehead atoms. The Morgan fingerprint density at radius 2 is 1.85 bits per heavy atom. The van der Waals surface area contributed by atoms with Gasteiger partial charge in [0, 0.05) is 29.7 Å². The standard InChI is InChI=1S/C17H10F3NO5/c1-9-6-16(22)26-15-8-11(3-4-12(9)15)25-14-5-2-10(21(23)24)7-13(14)17(18,19)20/h2-8H,1H3. The van der Waals surface area contributed by atoms with Gasteiger partial charge in [0.2, 0.25) is 0 Å². The van der Waals surface area contributed by atoms with E-state index in [1.165, 1.54) is 18.2 Å². The molecule has 9 heteroatoms. The molecule has 1 heterocycles. The molecule has 0 atom stereocenters. The van der Waals surface area contributed by atoms with Crippen molar-refractivity contribution in [3.63, 3.8) is 0 Å². The van der Waals surface area contributed by atoms with Crippen LogP contribution in [0, 0.1) is 17.0 Å². The molecule has 0 N–H and O–H groups in total. The lowest BCUT2D eigenvalue weighted by atomic mass is 10.1. The second kappa shape index (κ2) is 6.17. The molecule has 0 aliphatic carbocycles. The molecule has 1 aromatic heterocycles. The minimum Gasteiger partial charge on any atom is -0.457 e. The van der Waals surface area contributed by atoms with E-state index < -0.39 is 33.7 Å². The average Bonchev–Trinajstić information content (AvgIpc) is 2.53. The second-order valence-electron chi connectivity index (χ2n) is 5.44. The number of aryl methyl sites for hydroxylation is 1. The Bertz CT molecular complexity index is 1070. The van der Waals surface area contributed by atoms with Gasteiger partial charge in [-0.25, -0.2) is 4.79 Å². The van der Waals surface area contributed by atoms with Crippen molar-refractivity contribution < 1.29 is 27.2 Å². The number of non-ortho nitro benzene ring substituents is 1. The van der Waals surface area contributed by atoms with Gasteiger partial charge in [0.1, 0.15) is 22.6 Å². The maximum absolute atomic E-state index is 13.2. The van der Waals surface area contributed by atoms with Crippen LogP contribution >= 0.6 is 0 Å². The lowest BCUT2D eigenvalue weighted by molar-refractivity contribution is -0.385. The Kier molecular flexibility index (Phi) is 4.15. The number of fused-ring (bicyclic) bond motifs is 1. The quantitative estimate of drug-likeness (QED) is 0.377. The first-order valence-corrected chi connectivity index (χ1v) is 7.23. The summed E-state index contributed by atoms with van der Waals surface area (Å²) in [5.41, 5.74) is -1.78. The number of hydrogen-bond acceptors (Lipinski definition) is 5. The lowest BCUT2D eigenvalue weighted by Gasteiger charge is -2.13. The molecule has 2 aromatic carbocycles. The molecule has 3 aromatic rings. The third-order valence-corrected chi connectivity index (χ3v) is 3.63. The first kappa shape index (κ1) is 17.5. The second-order valence-corrected chi connectivity index (χ2v) is 5.44. The van der Waals surface area contributed by atoms with E-state index in [9.17, 15) is 28.1 Å². The first-order chi connectivity index (χ1) is 12.1. The van der Waals surface area contributed by atoms with E-state index in [2.05, 4.69) is 0 Å². The zero-order valence-electron chi connectivity index (χ0n) is 13.2. The molecule has 0 aliphatic rings. The highest BCUT2D eigenvalue weighted by atomic mass is 19.4. The van der Waals surface area contributed by atoms with Crippen molar-refractivity contribution in [1.29, 1.82) is 0 Å². The van der Waals surface area contributed by atoms with Gasteiger partial charge in [0.05, 0.1) is 4.92 Å². The van der Waals surface area contributed by atoms with Crippen LogP contribution in [0.2, 0.25) is 0 Å². The van der Waals surface area contributed by atoms with Crippen LogP contribution in [0.3, 0.4) is 0 Å². The van der Waals surface area contributed by atoms with Crippen LogP contribution in [-0.4, -0.2) is 4.92 Å². The highest BCUT2D eigenvalue weighted by Gasteiger charge is 2.36. The zero-order chi connectivity index (χ0) is 19.1. The largest absolute Gasteiger partial charge is 0.457 e. The van der Waals surface area contributed by atoms with Gasteiger partial charge in [-0.1, -0.05) is 0 Å². The van der Waals surface area contributed by atoms with E-state index in [0.717, 1.165) is 12.1 Å². The smallest absolute Gasteiger partial charge is 0.420 e. The normalized spacial score (nSPS) is 11.5. The van der Waals surface area contributed by atoms with Gasteiger partial charge in [-0.05, 0) is 30.7 Å². The number of benzene rings is 2. The highest BCUT2D eigenvalue weighted by Crippen LogP contribution is 2.40. The maximum Gasteiger partial charge on any atom is 0.420 e. The molecule has 134 valence electrons. The minimum atomic E-state index is -4.85. The number of nitro benzene ring substituents is 1. The number of nitrogens with zero attached hydrogens (tertiary/aromatic N) is 1. The predicted octanol–water partition coefficient (Wildman–Crippen LogP) is 4.82. The molecule has 0 saturated carbocycles. The fraction of sp³-hybridized carbons (Fsp3) is 0.118. The van der Waals surface area contributed by atoms with Gasteiger partial charge in [-0.2, -0.15) is 13.2 Å². The number of hydrogen-bond donors (Lipinski definition) is 0. The Balaban J connectivity index is 2.07. The van der Waals surface area contributed by atoms with Gasteiger partial charge in [-0.15, -0.1) is 0 Å². The van der Waals surface area contributed by atoms with Gasteiger partial charge in [0.25, 0.3) is 5.69 Å². The maximum atomic E-state index is 13.2. The summed E-state index contributed by atoms with van der Waals surface area (Å²) in [6.45, 7) is 1.69. The van der Waals surface area contributed by atoms with Crippen LogP contribution in [-0.2, 0) is 6.18 Å². The summed E-state index contributed by atoms with van der Waals surface area (Å²) >= 11 is 0. The highest BCUT2D eigenvalue weighted by molar-refractivity contribution is 5.81. The third kappa shape index (κ3) is 3.37. The van der Waals surface area contributed by atoms with Crippen LogP contribution < -0.4 is 10.4 Å². The number of nitro groups is 1. The van der Waals surface area contributed by atoms with Crippen LogP contribution in [0.1, 0.15) is 11.1 Å². The van der Waals surface area contributed by atoms with Crippen LogP contribution in [0.25, 0.3) is 11.0 Å². The topological polar surface area (TPSA) is 82.6 Å². The molecule has 0 spiro atoms. The summed E-state index contributed by atoms with van der Waals surface area (Å²) in [4.78, 5) is 21.2. The van der Waals surface area contributed by atoms with Crippen molar-refractivity contribution in [2.24, 2.45) is 0 Å². The number of ether oxygens (including phenoxy) is 1. The summed E-state index contributed by atoms with van der Waals surface area (Å²) in [6, 6.07) is 7.72. The summed E-state index contributed by atoms with van der Waals surface area (Å²) in [6.07, 6.45) is -4.85. The van der Waals surface area contributed by atoms with Crippen molar-refractivity contribution in [3.05, 3.63) is 74.1 Å². The van der Waals surface area contributed by atoms with Crippen molar-refractivity contribution in [2.75, 3.05) is 0 Å².